The van der Waals surface area contributed by atoms with Gasteiger partial charge in [-0.3, -0.25) is 9.59 Å². The molecule has 0 fully saturated rings. The van der Waals surface area contributed by atoms with Crippen LogP contribution in [0.3, 0.4) is 0 Å². The molecule has 0 aromatic rings. The first-order valence-electron chi connectivity index (χ1n) is 2.71. The summed E-state index contributed by atoms with van der Waals surface area (Å²) in [6.07, 6.45) is 2.40. The molecule has 0 spiro atoms. The Balaban J connectivity index is 0. The summed E-state index contributed by atoms with van der Waals surface area (Å²) in [5.74, 6) is -1.91. The second kappa shape index (κ2) is 7.08. The van der Waals surface area contributed by atoms with Crippen molar-refractivity contribution >= 4 is 24.3 Å². The average molecular weight is 181 g/mol. The van der Waals surface area contributed by atoms with Crippen molar-refractivity contribution in [2.75, 3.05) is 0 Å². The Bertz CT molecular complexity index is 146. The lowest BCUT2D eigenvalue weighted by Crippen LogP contribution is -1.92. The summed E-state index contributed by atoms with van der Waals surface area (Å²) < 4.78 is 0. The lowest BCUT2D eigenvalue weighted by Gasteiger charge is -1.83. The van der Waals surface area contributed by atoms with E-state index >= 15 is 0 Å². The topological polar surface area (TPSA) is 74.6 Å². The van der Waals surface area contributed by atoms with Crippen LogP contribution in [0.1, 0.15) is 12.8 Å². The fraction of sp³-hybridized carbons (Fsp3) is 0.333. The van der Waals surface area contributed by atoms with Crippen LogP contribution in [0, 0.1) is 0 Å². The number of carbonyl (C=O) groups is 2. The molecule has 0 aromatic carbocycles. The summed E-state index contributed by atoms with van der Waals surface area (Å²) in [7, 11) is 0. The van der Waals surface area contributed by atoms with Gasteiger partial charge in [0.25, 0.3) is 0 Å². The van der Waals surface area contributed by atoms with Gasteiger partial charge in [-0.05, 0) is 0 Å². The van der Waals surface area contributed by atoms with E-state index in [2.05, 4.69) is 0 Å². The first-order chi connectivity index (χ1) is 4.63. The molecular formula is C6H9ClO4. The predicted octanol–water partition coefficient (Wildman–Crippen LogP) is 0.914. The van der Waals surface area contributed by atoms with Crippen LogP contribution >= 0.6 is 12.4 Å². The molecule has 0 aliphatic heterocycles. The minimum absolute atomic E-state index is 0. The summed E-state index contributed by atoms with van der Waals surface area (Å²) in [4.78, 5) is 19.7. The highest BCUT2D eigenvalue weighted by atomic mass is 35.5. The number of rotatable bonds is 4. The van der Waals surface area contributed by atoms with E-state index in [1.807, 2.05) is 0 Å². The Kier molecular flexibility index (Phi) is 8.13. The highest BCUT2D eigenvalue weighted by molar-refractivity contribution is 5.85. The first kappa shape index (κ1) is 12.6. The van der Waals surface area contributed by atoms with Gasteiger partial charge in [-0.25, -0.2) is 0 Å². The smallest absolute Gasteiger partial charge is 0.307 e. The predicted molar refractivity (Wildman–Crippen MR) is 40.9 cm³/mol. The van der Waals surface area contributed by atoms with Crippen molar-refractivity contribution in [3.8, 4) is 0 Å². The Hall–Kier alpha value is -1.03. The van der Waals surface area contributed by atoms with Crippen molar-refractivity contribution in [3.63, 3.8) is 0 Å². The fourth-order valence-corrected chi connectivity index (χ4v) is 0.368. The SMILES string of the molecule is Cl.O=C(O)CC=CCC(=O)O. The van der Waals surface area contributed by atoms with E-state index in [9.17, 15) is 9.59 Å². The van der Waals surface area contributed by atoms with Gasteiger partial charge in [-0.2, -0.15) is 0 Å². The Morgan fingerprint density at radius 2 is 1.27 bits per heavy atom. The van der Waals surface area contributed by atoms with E-state index in [-0.39, 0.29) is 25.2 Å². The maximum absolute atomic E-state index is 9.85. The summed E-state index contributed by atoms with van der Waals surface area (Å²) in [6.45, 7) is 0. The van der Waals surface area contributed by atoms with Gasteiger partial charge in [0.1, 0.15) is 0 Å². The quantitative estimate of drug-likeness (QED) is 0.631. The van der Waals surface area contributed by atoms with Gasteiger partial charge in [0, 0.05) is 0 Å². The number of hydrogen-bond acceptors (Lipinski definition) is 2. The Labute approximate surface area is 69.9 Å². The van der Waals surface area contributed by atoms with Gasteiger partial charge in [0.15, 0.2) is 0 Å². The molecule has 0 aliphatic carbocycles. The van der Waals surface area contributed by atoms with Crippen molar-refractivity contribution in [3.05, 3.63) is 12.2 Å². The fourth-order valence-electron chi connectivity index (χ4n) is 0.368. The molecule has 0 unspecified atom stereocenters. The normalized spacial score (nSPS) is 9.09. The van der Waals surface area contributed by atoms with E-state index in [1.165, 1.54) is 12.2 Å². The van der Waals surface area contributed by atoms with Crippen LogP contribution in [0.4, 0.5) is 0 Å². The lowest BCUT2D eigenvalue weighted by molar-refractivity contribution is -0.137. The van der Waals surface area contributed by atoms with Gasteiger partial charge in [-0.15, -0.1) is 12.4 Å². The highest BCUT2D eigenvalue weighted by Crippen LogP contribution is 1.86. The third-order valence-electron chi connectivity index (χ3n) is 0.752. The van der Waals surface area contributed by atoms with Crippen molar-refractivity contribution in [1.82, 2.24) is 0 Å². The van der Waals surface area contributed by atoms with E-state index < -0.39 is 11.9 Å². The van der Waals surface area contributed by atoms with Gasteiger partial charge in [-0.1, -0.05) is 12.2 Å². The minimum atomic E-state index is -0.957. The molecule has 0 saturated heterocycles. The zero-order valence-electron chi connectivity index (χ0n) is 5.69. The second-order valence-corrected chi connectivity index (χ2v) is 1.67. The number of aliphatic carboxylic acids is 2. The number of carboxylic acids is 2. The molecule has 11 heavy (non-hydrogen) atoms. The van der Waals surface area contributed by atoms with Crippen LogP contribution in [-0.2, 0) is 9.59 Å². The molecule has 0 saturated carbocycles. The van der Waals surface area contributed by atoms with Crippen molar-refractivity contribution in [2.45, 2.75) is 12.8 Å². The van der Waals surface area contributed by atoms with Gasteiger partial charge in [0.2, 0.25) is 0 Å². The van der Waals surface area contributed by atoms with Crippen LogP contribution < -0.4 is 0 Å². The van der Waals surface area contributed by atoms with Crippen molar-refractivity contribution < 1.29 is 19.8 Å². The molecular weight excluding hydrogens is 172 g/mol. The number of halogens is 1. The van der Waals surface area contributed by atoms with Gasteiger partial charge in [0.05, 0.1) is 12.8 Å². The van der Waals surface area contributed by atoms with Crippen molar-refractivity contribution in [2.24, 2.45) is 0 Å². The molecule has 0 aromatic heterocycles. The monoisotopic (exact) mass is 180 g/mol. The zero-order valence-corrected chi connectivity index (χ0v) is 6.50. The average Bonchev–Trinajstić information content (AvgIpc) is 1.79. The Morgan fingerprint density at radius 3 is 1.45 bits per heavy atom. The third-order valence-corrected chi connectivity index (χ3v) is 0.752. The molecule has 5 heteroatoms. The molecule has 0 aliphatic rings. The second-order valence-electron chi connectivity index (χ2n) is 1.67. The molecule has 0 atom stereocenters. The van der Waals surface area contributed by atoms with E-state index in [0.29, 0.717) is 0 Å². The highest BCUT2D eigenvalue weighted by Gasteiger charge is 1.91. The third kappa shape index (κ3) is 12.2. The van der Waals surface area contributed by atoms with Crippen LogP contribution in [0.15, 0.2) is 12.2 Å². The molecule has 0 radical (unpaired) electrons. The molecule has 2 N–H and O–H groups in total. The van der Waals surface area contributed by atoms with Crippen LogP contribution in [0.5, 0.6) is 0 Å². The van der Waals surface area contributed by atoms with Crippen LogP contribution in [0.25, 0.3) is 0 Å². The summed E-state index contributed by atoms with van der Waals surface area (Å²) in [5.41, 5.74) is 0. The van der Waals surface area contributed by atoms with Crippen LogP contribution in [-0.4, -0.2) is 22.2 Å². The molecule has 64 valence electrons. The van der Waals surface area contributed by atoms with E-state index in [0.717, 1.165) is 0 Å². The Morgan fingerprint density at radius 1 is 1.00 bits per heavy atom. The molecule has 4 nitrogen and oxygen atoms in total. The zero-order chi connectivity index (χ0) is 7.98. The maximum atomic E-state index is 9.85. The van der Waals surface area contributed by atoms with Crippen LogP contribution in [0.2, 0.25) is 0 Å². The lowest BCUT2D eigenvalue weighted by atomic mass is 10.3. The largest absolute Gasteiger partial charge is 0.481 e. The van der Waals surface area contributed by atoms with E-state index in [1.54, 1.807) is 0 Å². The standard InChI is InChI=1S/C6H8O4.ClH/c7-5(8)3-1-2-4-6(9)10;/h1-2H,3-4H2,(H,7,8)(H,9,10);1H. The molecule has 0 rings (SSSR count). The molecule has 0 heterocycles. The molecule has 0 amide bonds. The summed E-state index contributed by atoms with van der Waals surface area (Å²) >= 11 is 0. The number of hydrogen-bond donors (Lipinski definition) is 2. The van der Waals surface area contributed by atoms with Gasteiger partial charge >= 0.3 is 11.9 Å². The maximum Gasteiger partial charge on any atom is 0.307 e. The first-order valence-corrected chi connectivity index (χ1v) is 2.71. The summed E-state index contributed by atoms with van der Waals surface area (Å²) in [5, 5.41) is 16.2. The van der Waals surface area contributed by atoms with Gasteiger partial charge < -0.3 is 10.2 Å². The number of carboxylic acid groups (broad SMARTS) is 2. The summed E-state index contributed by atoms with van der Waals surface area (Å²) in [6, 6.07) is 0. The van der Waals surface area contributed by atoms with Crippen molar-refractivity contribution in [1.29, 1.82) is 0 Å². The minimum Gasteiger partial charge on any atom is -0.481 e. The van der Waals surface area contributed by atoms with E-state index in [4.69, 9.17) is 10.2 Å². The molecule has 0 bridgehead atoms.